The summed E-state index contributed by atoms with van der Waals surface area (Å²) in [6, 6.07) is 15.4. The molecule has 0 aliphatic carbocycles. The first-order chi connectivity index (χ1) is 16.8. The molecule has 1 aliphatic heterocycles. The second kappa shape index (κ2) is 10.5. The Hall–Kier alpha value is -3.39. The molecule has 0 saturated carbocycles. The van der Waals surface area contributed by atoms with Crippen LogP contribution in [0.2, 0.25) is 0 Å². The molecule has 1 N–H and O–H groups in total. The van der Waals surface area contributed by atoms with Gasteiger partial charge in [-0.1, -0.05) is 24.3 Å². The highest BCUT2D eigenvalue weighted by molar-refractivity contribution is 5.98. The number of benzene rings is 2. The van der Waals surface area contributed by atoms with Crippen LogP contribution >= 0.6 is 0 Å². The molecule has 2 heterocycles. The van der Waals surface area contributed by atoms with E-state index in [1.165, 1.54) is 18.2 Å². The van der Waals surface area contributed by atoms with E-state index in [-0.39, 0.29) is 11.5 Å². The standard InChI is InChI=1S/C27H29F3N4O/c1-33(2)14-12-32-26(35)23-7-4-8-24-22(23)10-13-34(24)25-17-20(9-11-31-25)15-19-5-3-6-21(16-19)27(29,30)18-28/h3-9,11,16-17H,10,12-15,18H2,1-2H3,(H,32,35). The van der Waals surface area contributed by atoms with Crippen molar-refractivity contribution in [3.05, 3.63) is 88.6 Å². The summed E-state index contributed by atoms with van der Waals surface area (Å²) in [6.07, 6.45) is 2.83. The van der Waals surface area contributed by atoms with E-state index in [9.17, 15) is 18.0 Å². The molecule has 184 valence electrons. The molecule has 0 fully saturated rings. The fourth-order valence-corrected chi connectivity index (χ4v) is 4.31. The molecule has 0 bridgehead atoms. The van der Waals surface area contributed by atoms with Gasteiger partial charge in [0.15, 0.2) is 6.67 Å². The van der Waals surface area contributed by atoms with Crippen LogP contribution < -0.4 is 10.2 Å². The molecule has 0 spiro atoms. The molecule has 0 atom stereocenters. The third-order valence-electron chi connectivity index (χ3n) is 6.13. The number of rotatable bonds is 9. The smallest absolute Gasteiger partial charge is 0.301 e. The Balaban J connectivity index is 1.53. The molecule has 8 heteroatoms. The number of hydrogen-bond donors (Lipinski definition) is 1. The van der Waals surface area contributed by atoms with Crippen molar-refractivity contribution >= 4 is 17.4 Å². The monoisotopic (exact) mass is 482 g/mol. The summed E-state index contributed by atoms with van der Waals surface area (Å²) in [5.74, 6) is -2.84. The van der Waals surface area contributed by atoms with Crippen molar-refractivity contribution in [3.63, 3.8) is 0 Å². The van der Waals surface area contributed by atoms with Gasteiger partial charge in [0.25, 0.3) is 5.91 Å². The van der Waals surface area contributed by atoms with Crippen molar-refractivity contribution < 1.29 is 18.0 Å². The zero-order valence-corrected chi connectivity index (χ0v) is 19.9. The van der Waals surface area contributed by atoms with Gasteiger partial charge in [-0.2, -0.15) is 8.78 Å². The summed E-state index contributed by atoms with van der Waals surface area (Å²) < 4.78 is 40.3. The highest BCUT2D eigenvalue weighted by atomic mass is 19.3. The third-order valence-corrected chi connectivity index (χ3v) is 6.13. The minimum atomic E-state index is -3.49. The summed E-state index contributed by atoms with van der Waals surface area (Å²) >= 11 is 0. The van der Waals surface area contributed by atoms with E-state index in [0.717, 1.165) is 35.6 Å². The van der Waals surface area contributed by atoms with Gasteiger partial charge in [-0.3, -0.25) is 4.79 Å². The Morgan fingerprint density at radius 3 is 2.66 bits per heavy atom. The van der Waals surface area contributed by atoms with Gasteiger partial charge in [0.2, 0.25) is 0 Å². The largest absolute Gasteiger partial charge is 0.351 e. The van der Waals surface area contributed by atoms with Crippen LogP contribution in [0, 0.1) is 0 Å². The second-order valence-corrected chi connectivity index (χ2v) is 9.00. The number of halogens is 3. The number of likely N-dealkylation sites (N-methyl/N-ethyl adjacent to an activating group) is 1. The lowest BCUT2D eigenvalue weighted by Crippen LogP contribution is -2.31. The first-order valence-electron chi connectivity index (χ1n) is 11.6. The lowest BCUT2D eigenvalue weighted by Gasteiger charge is -2.20. The van der Waals surface area contributed by atoms with Crippen LogP contribution in [0.5, 0.6) is 0 Å². The van der Waals surface area contributed by atoms with Crippen molar-refractivity contribution in [2.75, 3.05) is 45.3 Å². The number of nitrogens with zero attached hydrogens (tertiary/aromatic N) is 3. The Kier molecular flexibility index (Phi) is 7.40. The number of carbonyl (C=O) groups excluding carboxylic acids is 1. The van der Waals surface area contributed by atoms with Crippen LogP contribution in [0.3, 0.4) is 0 Å². The number of alkyl halides is 3. The molecular weight excluding hydrogens is 453 g/mol. The number of aromatic nitrogens is 1. The van der Waals surface area contributed by atoms with E-state index in [2.05, 4.69) is 15.2 Å². The Morgan fingerprint density at radius 1 is 1.11 bits per heavy atom. The predicted octanol–water partition coefficient (Wildman–Crippen LogP) is 4.72. The van der Waals surface area contributed by atoms with E-state index in [0.29, 0.717) is 30.6 Å². The maximum Gasteiger partial charge on any atom is 0.301 e. The number of pyridine rings is 1. The van der Waals surface area contributed by atoms with Crippen LogP contribution in [-0.4, -0.2) is 56.2 Å². The first-order valence-corrected chi connectivity index (χ1v) is 11.6. The highest BCUT2D eigenvalue weighted by Crippen LogP contribution is 2.36. The fourth-order valence-electron chi connectivity index (χ4n) is 4.31. The SMILES string of the molecule is CN(C)CCNC(=O)c1cccc2c1CCN2c1cc(Cc2cccc(C(F)(F)CF)c2)ccn1. The summed E-state index contributed by atoms with van der Waals surface area (Å²) in [7, 11) is 3.92. The van der Waals surface area contributed by atoms with Gasteiger partial charge in [-0.25, -0.2) is 9.37 Å². The highest BCUT2D eigenvalue weighted by Gasteiger charge is 2.31. The minimum Gasteiger partial charge on any atom is -0.351 e. The van der Waals surface area contributed by atoms with Gasteiger partial charge in [0.1, 0.15) is 5.82 Å². The van der Waals surface area contributed by atoms with Gasteiger partial charge in [-0.15, -0.1) is 0 Å². The first kappa shape index (κ1) is 24.7. The van der Waals surface area contributed by atoms with Gasteiger partial charge in [0, 0.05) is 42.6 Å². The van der Waals surface area contributed by atoms with Gasteiger partial charge >= 0.3 is 5.92 Å². The molecule has 1 aliphatic rings. The number of fused-ring (bicyclic) bond motifs is 1. The average Bonchev–Trinajstić information content (AvgIpc) is 3.28. The Morgan fingerprint density at radius 2 is 1.89 bits per heavy atom. The molecule has 5 nitrogen and oxygen atoms in total. The summed E-state index contributed by atoms with van der Waals surface area (Å²) in [6.45, 7) is 0.297. The normalized spacial score (nSPS) is 13.3. The maximum absolute atomic E-state index is 13.8. The van der Waals surface area contributed by atoms with Crippen LogP contribution in [0.1, 0.15) is 32.6 Å². The van der Waals surface area contributed by atoms with Crippen molar-refractivity contribution in [2.45, 2.75) is 18.8 Å². The fraction of sp³-hybridized carbons (Fsp3) is 0.333. The zero-order valence-electron chi connectivity index (χ0n) is 19.9. The van der Waals surface area contributed by atoms with Crippen molar-refractivity contribution in [2.24, 2.45) is 0 Å². The minimum absolute atomic E-state index is 0.0859. The summed E-state index contributed by atoms with van der Waals surface area (Å²) in [4.78, 5) is 21.4. The molecule has 0 radical (unpaired) electrons. The third kappa shape index (κ3) is 5.65. The average molecular weight is 483 g/mol. The van der Waals surface area contributed by atoms with E-state index < -0.39 is 12.6 Å². The molecule has 3 aromatic rings. The van der Waals surface area contributed by atoms with E-state index in [4.69, 9.17) is 0 Å². The second-order valence-electron chi connectivity index (χ2n) is 9.00. The molecule has 0 unspecified atom stereocenters. The molecule has 2 aromatic carbocycles. The van der Waals surface area contributed by atoms with Crippen LogP contribution in [0.15, 0.2) is 60.8 Å². The Bertz CT molecular complexity index is 1200. The number of anilines is 2. The molecule has 4 rings (SSSR count). The lowest BCUT2D eigenvalue weighted by molar-refractivity contribution is -0.0281. The number of nitrogens with one attached hydrogen (secondary N) is 1. The number of hydrogen-bond acceptors (Lipinski definition) is 4. The predicted molar refractivity (Wildman–Crippen MR) is 131 cm³/mol. The molecule has 1 amide bonds. The van der Waals surface area contributed by atoms with Crippen molar-refractivity contribution in [1.82, 2.24) is 15.2 Å². The summed E-state index contributed by atoms with van der Waals surface area (Å²) in [5, 5.41) is 2.98. The van der Waals surface area contributed by atoms with Crippen LogP contribution in [0.4, 0.5) is 24.7 Å². The Labute approximate surface area is 203 Å². The van der Waals surface area contributed by atoms with Gasteiger partial charge in [-0.05, 0) is 74.0 Å². The summed E-state index contributed by atoms with van der Waals surface area (Å²) in [5.41, 5.74) is 3.86. The number of amides is 1. The van der Waals surface area contributed by atoms with E-state index in [1.54, 1.807) is 12.3 Å². The van der Waals surface area contributed by atoms with Gasteiger partial charge in [0.05, 0.1) is 0 Å². The molecule has 0 saturated heterocycles. The van der Waals surface area contributed by atoms with Gasteiger partial charge < -0.3 is 15.1 Å². The zero-order chi connectivity index (χ0) is 25.0. The topological polar surface area (TPSA) is 48.5 Å². The van der Waals surface area contributed by atoms with E-state index >= 15 is 0 Å². The van der Waals surface area contributed by atoms with Crippen molar-refractivity contribution in [1.29, 1.82) is 0 Å². The maximum atomic E-state index is 13.8. The van der Waals surface area contributed by atoms with Crippen molar-refractivity contribution in [3.8, 4) is 0 Å². The lowest BCUT2D eigenvalue weighted by atomic mass is 10.0. The van der Waals surface area contributed by atoms with Crippen LogP contribution in [0.25, 0.3) is 0 Å². The molecule has 1 aromatic heterocycles. The molecular formula is C27H29F3N4O. The van der Waals surface area contributed by atoms with E-state index in [1.807, 2.05) is 49.3 Å². The quantitative estimate of drug-likeness (QED) is 0.480. The number of carbonyl (C=O) groups is 1. The van der Waals surface area contributed by atoms with Crippen LogP contribution in [-0.2, 0) is 18.8 Å². The molecule has 35 heavy (non-hydrogen) atoms.